The lowest BCUT2D eigenvalue weighted by Gasteiger charge is -2.12. The van der Waals surface area contributed by atoms with E-state index in [0.717, 1.165) is 36.4 Å². The van der Waals surface area contributed by atoms with Crippen LogP contribution in [0.25, 0.3) is 11.4 Å². The maximum absolute atomic E-state index is 13.9. The lowest BCUT2D eigenvalue weighted by atomic mass is 10.2. The summed E-state index contributed by atoms with van der Waals surface area (Å²) < 4.78 is 27.5. The second-order valence-corrected chi connectivity index (χ2v) is 9.23. The van der Waals surface area contributed by atoms with Crippen LogP contribution in [0.5, 0.6) is 11.5 Å². The molecule has 1 aliphatic heterocycles. The van der Waals surface area contributed by atoms with E-state index in [1.807, 2.05) is 18.2 Å². The predicted molar refractivity (Wildman–Crippen MR) is 123 cm³/mol. The second kappa shape index (κ2) is 9.61. The third-order valence-corrected chi connectivity index (χ3v) is 6.74. The number of ether oxygens (including phenoxy) is 2. The summed E-state index contributed by atoms with van der Waals surface area (Å²) >= 11 is 7.34. The molecule has 2 heterocycles. The van der Waals surface area contributed by atoms with Crippen LogP contribution in [-0.4, -0.2) is 39.6 Å². The molecule has 0 unspecified atom stereocenters. The first-order valence-corrected chi connectivity index (χ1v) is 12.1. The van der Waals surface area contributed by atoms with Gasteiger partial charge >= 0.3 is 0 Å². The Morgan fingerprint density at radius 1 is 1.18 bits per heavy atom. The van der Waals surface area contributed by atoms with Gasteiger partial charge in [0, 0.05) is 35.2 Å². The van der Waals surface area contributed by atoms with Crippen LogP contribution in [0, 0.1) is 5.82 Å². The van der Waals surface area contributed by atoms with E-state index in [4.69, 9.17) is 21.1 Å². The molecule has 0 radical (unpaired) electrons. The lowest BCUT2D eigenvalue weighted by Crippen LogP contribution is -2.25. The van der Waals surface area contributed by atoms with Gasteiger partial charge in [0.2, 0.25) is 5.91 Å². The largest absolute Gasteiger partial charge is 0.490 e. The van der Waals surface area contributed by atoms with Crippen molar-refractivity contribution in [3.05, 3.63) is 52.8 Å². The maximum Gasteiger partial charge on any atom is 0.230 e. The highest BCUT2D eigenvalue weighted by molar-refractivity contribution is 7.99. The third kappa shape index (κ3) is 4.94. The van der Waals surface area contributed by atoms with Gasteiger partial charge < -0.3 is 14.8 Å². The minimum atomic E-state index is -0.441. The van der Waals surface area contributed by atoms with Gasteiger partial charge in [-0.15, -0.1) is 10.2 Å². The molecule has 7 nitrogen and oxygen atoms in total. The van der Waals surface area contributed by atoms with Crippen molar-refractivity contribution in [2.45, 2.75) is 37.0 Å². The number of carbonyl (C=O) groups is 1. The summed E-state index contributed by atoms with van der Waals surface area (Å²) in [7, 11) is 0. The van der Waals surface area contributed by atoms with E-state index >= 15 is 0 Å². The highest BCUT2D eigenvalue weighted by Crippen LogP contribution is 2.42. The molecule has 3 aromatic rings. The van der Waals surface area contributed by atoms with Crippen LogP contribution in [0.15, 0.2) is 41.6 Å². The topological polar surface area (TPSA) is 78.3 Å². The molecule has 1 fully saturated rings. The Balaban J connectivity index is 1.28. The fraction of sp³-hybridized carbons (Fsp3) is 0.348. The standard InChI is InChI=1S/C23H22ClFN4O3S/c24-17-3-1-4-18(25)16(17)12-26-21(30)13-33-23-28-27-22(29(23)15-6-7-15)14-5-8-19-20(11-14)32-10-2-9-31-19/h1,3-5,8,11,15H,2,6-7,9-10,12-13H2,(H,26,30). The highest BCUT2D eigenvalue weighted by atomic mass is 35.5. The number of aromatic nitrogens is 3. The molecule has 2 aliphatic rings. The monoisotopic (exact) mass is 488 g/mol. The average molecular weight is 489 g/mol. The molecule has 0 bridgehead atoms. The number of halogens is 2. The molecule has 0 spiro atoms. The molecule has 0 saturated heterocycles. The Morgan fingerprint density at radius 3 is 2.79 bits per heavy atom. The van der Waals surface area contributed by atoms with E-state index in [1.165, 1.54) is 23.9 Å². The first-order chi connectivity index (χ1) is 16.1. The molecule has 1 N–H and O–H groups in total. The molecule has 1 amide bonds. The molecule has 33 heavy (non-hydrogen) atoms. The van der Waals surface area contributed by atoms with E-state index in [1.54, 1.807) is 6.07 Å². The molecular weight excluding hydrogens is 467 g/mol. The van der Waals surface area contributed by atoms with E-state index in [2.05, 4.69) is 20.1 Å². The molecule has 0 atom stereocenters. The van der Waals surface area contributed by atoms with Crippen LogP contribution < -0.4 is 14.8 Å². The highest BCUT2D eigenvalue weighted by Gasteiger charge is 2.30. The predicted octanol–water partition coefficient (Wildman–Crippen LogP) is 4.64. The third-order valence-electron chi connectivity index (χ3n) is 5.44. The smallest absolute Gasteiger partial charge is 0.230 e. The number of benzene rings is 2. The second-order valence-electron chi connectivity index (χ2n) is 7.88. The normalized spacial score (nSPS) is 15.2. The van der Waals surface area contributed by atoms with Gasteiger partial charge in [-0.25, -0.2) is 4.39 Å². The number of carbonyl (C=O) groups excluding carboxylic acids is 1. The van der Waals surface area contributed by atoms with Crippen LogP contribution >= 0.6 is 23.4 Å². The van der Waals surface area contributed by atoms with Crippen LogP contribution in [0.4, 0.5) is 4.39 Å². The van der Waals surface area contributed by atoms with Crippen LogP contribution in [0.2, 0.25) is 5.02 Å². The summed E-state index contributed by atoms with van der Waals surface area (Å²) in [5.41, 5.74) is 1.17. The van der Waals surface area contributed by atoms with Crippen molar-refractivity contribution in [1.82, 2.24) is 20.1 Å². The Hall–Kier alpha value is -2.78. The fourth-order valence-corrected chi connectivity index (χ4v) is 4.67. The number of thioether (sulfide) groups is 1. The number of rotatable bonds is 7. The van der Waals surface area contributed by atoms with Crippen molar-refractivity contribution < 1.29 is 18.7 Å². The number of nitrogens with one attached hydrogen (secondary N) is 1. The summed E-state index contributed by atoms with van der Waals surface area (Å²) in [5.74, 6) is 1.64. The Labute approximate surface area is 199 Å². The van der Waals surface area contributed by atoms with E-state index < -0.39 is 5.82 Å². The van der Waals surface area contributed by atoms with Crippen molar-refractivity contribution in [1.29, 1.82) is 0 Å². The van der Waals surface area contributed by atoms with Gasteiger partial charge in [0.1, 0.15) is 5.82 Å². The number of fused-ring (bicyclic) bond motifs is 1. The zero-order valence-corrected chi connectivity index (χ0v) is 19.3. The summed E-state index contributed by atoms with van der Waals surface area (Å²) in [6, 6.07) is 10.6. The average Bonchev–Trinajstić information content (AvgIpc) is 3.60. The molecular formula is C23H22ClFN4O3S. The summed E-state index contributed by atoms with van der Waals surface area (Å²) in [4.78, 5) is 12.4. The first kappa shape index (κ1) is 22.0. The zero-order chi connectivity index (χ0) is 22.8. The number of amides is 1. The van der Waals surface area contributed by atoms with E-state index in [0.29, 0.717) is 30.2 Å². The lowest BCUT2D eigenvalue weighted by molar-refractivity contribution is -0.118. The molecule has 1 aromatic heterocycles. The summed E-state index contributed by atoms with van der Waals surface area (Å²) in [6.45, 7) is 1.28. The minimum Gasteiger partial charge on any atom is -0.490 e. The molecule has 10 heteroatoms. The Morgan fingerprint density at radius 2 is 2.00 bits per heavy atom. The minimum absolute atomic E-state index is 0.0304. The zero-order valence-electron chi connectivity index (χ0n) is 17.7. The van der Waals surface area contributed by atoms with Crippen molar-refractivity contribution in [2.24, 2.45) is 0 Å². The first-order valence-electron chi connectivity index (χ1n) is 10.8. The van der Waals surface area contributed by atoms with Crippen molar-refractivity contribution in [2.75, 3.05) is 19.0 Å². The van der Waals surface area contributed by atoms with Crippen molar-refractivity contribution in [3.63, 3.8) is 0 Å². The Kier molecular flexibility index (Phi) is 6.41. The van der Waals surface area contributed by atoms with E-state index in [9.17, 15) is 9.18 Å². The van der Waals surface area contributed by atoms with Gasteiger partial charge in [0.05, 0.1) is 19.0 Å². The SMILES string of the molecule is O=C(CSc1nnc(-c2ccc3c(c2)OCCCO3)n1C1CC1)NCc1c(F)cccc1Cl. The number of hydrogen-bond donors (Lipinski definition) is 1. The van der Waals surface area contributed by atoms with Gasteiger partial charge in [0.25, 0.3) is 0 Å². The van der Waals surface area contributed by atoms with Gasteiger partial charge in [0.15, 0.2) is 22.5 Å². The van der Waals surface area contributed by atoms with Gasteiger partial charge in [-0.05, 0) is 43.2 Å². The maximum atomic E-state index is 13.9. The van der Waals surface area contributed by atoms with Crippen molar-refractivity contribution >= 4 is 29.3 Å². The van der Waals surface area contributed by atoms with Gasteiger partial charge in [-0.1, -0.05) is 29.4 Å². The van der Waals surface area contributed by atoms with Crippen molar-refractivity contribution in [3.8, 4) is 22.9 Å². The molecule has 1 saturated carbocycles. The number of hydrogen-bond acceptors (Lipinski definition) is 6. The molecule has 5 rings (SSSR count). The van der Waals surface area contributed by atoms with E-state index in [-0.39, 0.29) is 28.8 Å². The summed E-state index contributed by atoms with van der Waals surface area (Å²) in [5, 5.41) is 12.4. The van der Waals surface area contributed by atoms with Gasteiger partial charge in [-0.2, -0.15) is 0 Å². The van der Waals surface area contributed by atoms with Crippen LogP contribution in [-0.2, 0) is 11.3 Å². The Bertz CT molecular complexity index is 1160. The van der Waals surface area contributed by atoms with Crippen LogP contribution in [0.1, 0.15) is 30.9 Å². The molecule has 2 aromatic carbocycles. The van der Waals surface area contributed by atoms with Gasteiger partial charge in [-0.3, -0.25) is 9.36 Å². The number of nitrogens with zero attached hydrogens (tertiary/aromatic N) is 3. The molecule has 172 valence electrons. The summed E-state index contributed by atoms with van der Waals surface area (Å²) in [6.07, 6.45) is 2.93. The fourth-order valence-electron chi connectivity index (χ4n) is 3.61. The molecule has 1 aliphatic carbocycles. The quantitative estimate of drug-likeness (QED) is 0.488. The van der Waals surface area contributed by atoms with Crippen LogP contribution in [0.3, 0.4) is 0 Å².